The lowest BCUT2D eigenvalue weighted by molar-refractivity contribution is -0.109. The molecule has 0 N–H and O–H groups in total. The molecule has 0 aliphatic carbocycles. The predicted molar refractivity (Wildman–Crippen MR) is 77.0 cm³/mol. The van der Waals surface area contributed by atoms with Crippen molar-refractivity contribution >= 4 is 22.8 Å². The molecule has 0 heterocycles. The van der Waals surface area contributed by atoms with Gasteiger partial charge in [-0.2, -0.15) is 0 Å². The number of hydrogen-bond acceptors (Lipinski definition) is 4. The fourth-order valence-corrected chi connectivity index (χ4v) is 1.81. The molecule has 0 bridgehead atoms. The van der Waals surface area contributed by atoms with Crippen LogP contribution in [-0.4, -0.2) is 23.4 Å². The van der Waals surface area contributed by atoms with Crippen LogP contribution in [0.25, 0.3) is 0 Å². The van der Waals surface area contributed by atoms with Crippen LogP contribution in [0.4, 0.5) is 0 Å². The van der Waals surface area contributed by atoms with Gasteiger partial charge in [0.1, 0.15) is 0 Å². The molecule has 1 aromatic carbocycles. The van der Waals surface area contributed by atoms with E-state index in [4.69, 9.17) is 4.74 Å². The summed E-state index contributed by atoms with van der Waals surface area (Å²) in [7, 11) is 0. The average molecular weight is 276 g/mol. The highest BCUT2D eigenvalue weighted by Gasteiger charge is 2.04. The monoisotopic (exact) mass is 276 g/mol. The fraction of sp³-hybridized carbons (Fsp3) is 0.333. The van der Waals surface area contributed by atoms with Gasteiger partial charge >= 0.3 is 5.97 Å². The van der Waals surface area contributed by atoms with E-state index in [-0.39, 0.29) is 11.1 Å². The predicted octanol–water partition coefficient (Wildman–Crippen LogP) is 2.88. The zero-order chi connectivity index (χ0) is 14.1. The lowest BCUT2D eigenvalue weighted by atomic mass is 10.1. The molecular weight excluding hydrogens is 260 g/mol. The Bertz CT molecular complexity index is 494. The van der Waals surface area contributed by atoms with Crippen LogP contribution in [0, 0.1) is 11.8 Å². The summed E-state index contributed by atoms with van der Waals surface area (Å²) in [6, 6.07) is 6.98. The van der Waals surface area contributed by atoms with E-state index in [1.54, 1.807) is 38.1 Å². The molecule has 1 aromatic rings. The quantitative estimate of drug-likeness (QED) is 0.482. The largest absolute Gasteiger partial charge is 0.462 e. The number of thioether (sulfide) groups is 1. The van der Waals surface area contributed by atoms with E-state index in [1.807, 2.05) is 0 Å². The van der Waals surface area contributed by atoms with Gasteiger partial charge in [0.15, 0.2) is 5.12 Å². The van der Waals surface area contributed by atoms with E-state index in [0.717, 1.165) is 5.56 Å². The second-order valence-corrected chi connectivity index (χ2v) is 4.96. The van der Waals surface area contributed by atoms with E-state index in [2.05, 4.69) is 11.8 Å². The van der Waals surface area contributed by atoms with Gasteiger partial charge in [-0.05, 0) is 31.2 Å². The molecule has 0 amide bonds. The zero-order valence-electron chi connectivity index (χ0n) is 11.1. The summed E-state index contributed by atoms with van der Waals surface area (Å²) in [4.78, 5) is 22.1. The molecule has 1 rings (SSSR count). The molecule has 0 saturated carbocycles. The first-order valence-corrected chi connectivity index (χ1v) is 7.01. The summed E-state index contributed by atoms with van der Waals surface area (Å²) in [5, 5.41) is 0.112. The van der Waals surface area contributed by atoms with Crippen LogP contribution in [0.1, 0.15) is 36.2 Å². The van der Waals surface area contributed by atoms with E-state index in [1.165, 1.54) is 11.8 Å². The molecule has 0 saturated heterocycles. The summed E-state index contributed by atoms with van der Waals surface area (Å²) in [5.74, 6) is 6.37. The van der Waals surface area contributed by atoms with Crippen LogP contribution in [0.3, 0.4) is 0 Å². The molecule has 19 heavy (non-hydrogen) atoms. The van der Waals surface area contributed by atoms with Crippen molar-refractivity contribution in [2.45, 2.75) is 20.3 Å². The summed E-state index contributed by atoms with van der Waals surface area (Å²) in [5.41, 5.74) is 1.38. The number of esters is 1. The third-order valence-corrected chi connectivity index (χ3v) is 2.98. The molecule has 0 aliphatic heterocycles. The van der Waals surface area contributed by atoms with Gasteiger partial charge < -0.3 is 4.74 Å². The normalized spacial score (nSPS) is 9.37. The lowest BCUT2D eigenvalue weighted by Gasteiger charge is -2.00. The third-order valence-electron chi connectivity index (χ3n) is 2.16. The van der Waals surface area contributed by atoms with Crippen molar-refractivity contribution in [3.63, 3.8) is 0 Å². The minimum Gasteiger partial charge on any atom is -0.462 e. The Morgan fingerprint density at radius 1 is 1.26 bits per heavy atom. The van der Waals surface area contributed by atoms with Crippen LogP contribution in [0.5, 0.6) is 0 Å². The number of ether oxygens (including phenoxy) is 1. The van der Waals surface area contributed by atoms with Crippen molar-refractivity contribution in [3.05, 3.63) is 35.4 Å². The van der Waals surface area contributed by atoms with Crippen LogP contribution in [0.15, 0.2) is 24.3 Å². The molecule has 0 aromatic heterocycles. The highest BCUT2D eigenvalue weighted by molar-refractivity contribution is 8.13. The van der Waals surface area contributed by atoms with Gasteiger partial charge in [-0.15, -0.1) is 0 Å². The Balaban J connectivity index is 2.50. The number of carbonyl (C=O) groups excluding carboxylic acids is 2. The van der Waals surface area contributed by atoms with Gasteiger partial charge in [0.05, 0.1) is 12.2 Å². The number of rotatable bonds is 4. The van der Waals surface area contributed by atoms with Gasteiger partial charge in [-0.25, -0.2) is 4.79 Å². The molecule has 4 heteroatoms. The molecule has 0 radical (unpaired) electrons. The SMILES string of the molecule is CCOC(=O)c1ccc(C#CCCSC(C)=O)cc1. The van der Waals surface area contributed by atoms with Gasteiger partial charge in [-0.3, -0.25) is 4.79 Å². The molecular formula is C15H16O3S. The van der Waals surface area contributed by atoms with E-state index in [0.29, 0.717) is 24.3 Å². The molecule has 0 fully saturated rings. The van der Waals surface area contributed by atoms with Crippen LogP contribution in [-0.2, 0) is 9.53 Å². The minimum absolute atomic E-state index is 0.112. The van der Waals surface area contributed by atoms with Crippen LogP contribution in [0.2, 0.25) is 0 Å². The number of benzene rings is 1. The van der Waals surface area contributed by atoms with Gasteiger partial charge in [-0.1, -0.05) is 23.6 Å². The maximum absolute atomic E-state index is 11.4. The number of carbonyl (C=O) groups is 2. The van der Waals surface area contributed by atoms with Crippen molar-refractivity contribution in [2.75, 3.05) is 12.4 Å². The average Bonchev–Trinajstić information content (AvgIpc) is 2.39. The highest BCUT2D eigenvalue weighted by Crippen LogP contribution is 2.06. The first-order chi connectivity index (χ1) is 9.13. The van der Waals surface area contributed by atoms with Crippen molar-refractivity contribution in [2.24, 2.45) is 0 Å². The van der Waals surface area contributed by atoms with Crippen molar-refractivity contribution < 1.29 is 14.3 Å². The van der Waals surface area contributed by atoms with E-state index < -0.39 is 0 Å². The van der Waals surface area contributed by atoms with Crippen LogP contribution >= 0.6 is 11.8 Å². The fourth-order valence-electron chi connectivity index (χ4n) is 1.31. The molecule has 0 unspecified atom stereocenters. The summed E-state index contributed by atoms with van der Waals surface area (Å²) < 4.78 is 4.89. The second-order valence-electron chi connectivity index (χ2n) is 3.69. The van der Waals surface area contributed by atoms with E-state index in [9.17, 15) is 9.59 Å². The topological polar surface area (TPSA) is 43.4 Å². The van der Waals surface area contributed by atoms with Crippen LogP contribution < -0.4 is 0 Å². The number of hydrogen-bond donors (Lipinski definition) is 0. The molecule has 3 nitrogen and oxygen atoms in total. The lowest BCUT2D eigenvalue weighted by Crippen LogP contribution is -2.04. The summed E-state index contributed by atoms with van der Waals surface area (Å²) in [6.07, 6.45) is 0.671. The summed E-state index contributed by atoms with van der Waals surface area (Å²) in [6.45, 7) is 3.69. The van der Waals surface area contributed by atoms with Crippen molar-refractivity contribution in [3.8, 4) is 11.8 Å². The molecule has 0 atom stereocenters. The van der Waals surface area contributed by atoms with E-state index >= 15 is 0 Å². The van der Waals surface area contributed by atoms with Crippen molar-refractivity contribution in [1.29, 1.82) is 0 Å². The smallest absolute Gasteiger partial charge is 0.338 e. The Kier molecular flexibility index (Phi) is 6.76. The van der Waals surface area contributed by atoms with Crippen molar-refractivity contribution in [1.82, 2.24) is 0 Å². The first kappa shape index (κ1) is 15.3. The standard InChI is InChI=1S/C15H16O3S/c1-3-18-15(17)14-9-7-13(8-10-14)6-4-5-11-19-12(2)16/h7-10H,3,5,11H2,1-2H3. The Morgan fingerprint density at radius 3 is 2.53 bits per heavy atom. The summed E-state index contributed by atoms with van der Waals surface area (Å²) >= 11 is 1.28. The highest BCUT2D eigenvalue weighted by atomic mass is 32.2. The first-order valence-electron chi connectivity index (χ1n) is 6.03. The minimum atomic E-state index is -0.320. The van der Waals surface area contributed by atoms with Gasteiger partial charge in [0, 0.05) is 24.7 Å². The maximum Gasteiger partial charge on any atom is 0.338 e. The zero-order valence-corrected chi connectivity index (χ0v) is 11.9. The third kappa shape index (κ3) is 6.12. The molecule has 0 aliphatic rings. The Labute approximate surface area is 117 Å². The van der Waals surface area contributed by atoms with Gasteiger partial charge in [0.2, 0.25) is 0 Å². The maximum atomic E-state index is 11.4. The molecule has 0 spiro atoms. The Morgan fingerprint density at radius 2 is 1.95 bits per heavy atom. The molecule has 100 valence electrons. The second kappa shape index (κ2) is 8.39. The van der Waals surface area contributed by atoms with Gasteiger partial charge in [0.25, 0.3) is 0 Å². The Hall–Kier alpha value is -1.73.